The number of hydrogen-bond acceptors (Lipinski definition) is 3. The van der Waals surface area contributed by atoms with Gasteiger partial charge in [-0.2, -0.15) is 0 Å². The molecule has 0 saturated heterocycles. The molecule has 0 radical (unpaired) electrons. The van der Waals surface area contributed by atoms with E-state index in [2.05, 4.69) is 5.32 Å². The molecule has 16 heavy (non-hydrogen) atoms. The first kappa shape index (κ1) is 13.0. The number of carbonyl (C=O) groups excluding carboxylic acids is 1. The summed E-state index contributed by atoms with van der Waals surface area (Å²) in [5.74, 6) is -1.22. The lowest BCUT2D eigenvalue weighted by Gasteiger charge is -2.16. The highest BCUT2D eigenvalue weighted by molar-refractivity contribution is 5.85. The largest absolute Gasteiger partial charge is 0.480 e. The van der Waals surface area contributed by atoms with Crippen LogP contribution in [0.2, 0.25) is 0 Å². The molecule has 92 valence electrons. The Balaban J connectivity index is 2.45. The fourth-order valence-corrected chi connectivity index (χ4v) is 2.09. The standard InChI is InChI=1S/C11H20N2O3/c1-2-3-9(11(15)16)13-10(14)7-4-5-8(12)6-7/h7-9H,2-6,12H2,1H3,(H,13,14)(H,15,16). The van der Waals surface area contributed by atoms with Crippen molar-refractivity contribution >= 4 is 11.9 Å². The first-order valence-electron chi connectivity index (χ1n) is 5.83. The van der Waals surface area contributed by atoms with Gasteiger partial charge in [0.2, 0.25) is 5.91 Å². The number of carboxylic acids is 1. The maximum atomic E-state index is 11.8. The molecule has 0 spiro atoms. The normalized spacial score (nSPS) is 26.4. The zero-order chi connectivity index (χ0) is 12.1. The maximum absolute atomic E-state index is 11.8. The molecule has 0 aliphatic heterocycles. The van der Waals surface area contributed by atoms with Gasteiger partial charge in [0.05, 0.1) is 0 Å². The fraction of sp³-hybridized carbons (Fsp3) is 0.818. The highest BCUT2D eigenvalue weighted by Crippen LogP contribution is 2.24. The Labute approximate surface area is 95.4 Å². The lowest BCUT2D eigenvalue weighted by atomic mass is 10.1. The highest BCUT2D eigenvalue weighted by Gasteiger charge is 2.30. The second-order valence-electron chi connectivity index (χ2n) is 4.46. The molecule has 5 nitrogen and oxygen atoms in total. The molecule has 1 fully saturated rings. The first-order valence-corrected chi connectivity index (χ1v) is 5.83. The molecule has 4 N–H and O–H groups in total. The number of carboxylic acid groups (broad SMARTS) is 1. The van der Waals surface area contributed by atoms with Crippen LogP contribution in [0.25, 0.3) is 0 Å². The van der Waals surface area contributed by atoms with E-state index in [9.17, 15) is 9.59 Å². The molecule has 1 aliphatic rings. The van der Waals surface area contributed by atoms with E-state index in [0.29, 0.717) is 12.8 Å². The minimum absolute atomic E-state index is 0.0882. The molecule has 0 aromatic carbocycles. The summed E-state index contributed by atoms with van der Waals surface area (Å²) in [5, 5.41) is 11.5. The van der Waals surface area contributed by atoms with Crippen LogP contribution < -0.4 is 11.1 Å². The van der Waals surface area contributed by atoms with Gasteiger partial charge < -0.3 is 16.2 Å². The van der Waals surface area contributed by atoms with Crippen molar-refractivity contribution < 1.29 is 14.7 Å². The summed E-state index contributed by atoms with van der Waals surface area (Å²) in [7, 11) is 0. The maximum Gasteiger partial charge on any atom is 0.326 e. The Morgan fingerprint density at radius 3 is 2.62 bits per heavy atom. The zero-order valence-electron chi connectivity index (χ0n) is 9.61. The van der Waals surface area contributed by atoms with Gasteiger partial charge in [0.15, 0.2) is 0 Å². The van der Waals surface area contributed by atoms with Crippen molar-refractivity contribution in [1.29, 1.82) is 0 Å². The van der Waals surface area contributed by atoms with E-state index in [0.717, 1.165) is 19.3 Å². The average Bonchev–Trinajstić information content (AvgIpc) is 2.64. The van der Waals surface area contributed by atoms with E-state index < -0.39 is 12.0 Å². The van der Waals surface area contributed by atoms with Gasteiger partial charge in [-0.1, -0.05) is 13.3 Å². The molecule has 1 saturated carbocycles. The predicted molar refractivity (Wildman–Crippen MR) is 59.8 cm³/mol. The number of amides is 1. The van der Waals surface area contributed by atoms with Crippen LogP contribution in [-0.4, -0.2) is 29.1 Å². The van der Waals surface area contributed by atoms with Gasteiger partial charge >= 0.3 is 5.97 Å². The van der Waals surface area contributed by atoms with Crippen molar-refractivity contribution in [1.82, 2.24) is 5.32 Å². The molecular formula is C11H20N2O3. The van der Waals surface area contributed by atoms with Crippen molar-refractivity contribution in [3.8, 4) is 0 Å². The van der Waals surface area contributed by atoms with E-state index >= 15 is 0 Å². The first-order chi connectivity index (χ1) is 7.54. The van der Waals surface area contributed by atoms with Gasteiger partial charge in [0, 0.05) is 12.0 Å². The van der Waals surface area contributed by atoms with E-state index in [1.165, 1.54) is 0 Å². The summed E-state index contributed by atoms with van der Waals surface area (Å²) in [4.78, 5) is 22.6. The second-order valence-corrected chi connectivity index (χ2v) is 4.46. The van der Waals surface area contributed by atoms with Gasteiger partial charge in [-0.15, -0.1) is 0 Å². The SMILES string of the molecule is CCCC(NC(=O)C1CCC(N)C1)C(=O)O. The van der Waals surface area contributed by atoms with Crippen LogP contribution >= 0.6 is 0 Å². The fourth-order valence-electron chi connectivity index (χ4n) is 2.09. The molecule has 0 heterocycles. The molecule has 3 atom stereocenters. The molecule has 0 aromatic rings. The van der Waals surface area contributed by atoms with Crippen molar-refractivity contribution in [2.75, 3.05) is 0 Å². The minimum atomic E-state index is -0.961. The quantitative estimate of drug-likeness (QED) is 0.638. The van der Waals surface area contributed by atoms with E-state index in [4.69, 9.17) is 10.8 Å². The Morgan fingerprint density at radius 2 is 2.19 bits per heavy atom. The number of nitrogens with one attached hydrogen (secondary N) is 1. The van der Waals surface area contributed by atoms with Gasteiger partial charge in [0.1, 0.15) is 6.04 Å². The van der Waals surface area contributed by atoms with Crippen LogP contribution in [0, 0.1) is 5.92 Å². The summed E-state index contributed by atoms with van der Waals surface area (Å²) in [6.07, 6.45) is 3.50. The third kappa shape index (κ3) is 3.48. The number of rotatable bonds is 5. The monoisotopic (exact) mass is 228 g/mol. The third-order valence-corrected chi connectivity index (χ3v) is 3.04. The topological polar surface area (TPSA) is 92.4 Å². The number of nitrogens with two attached hydrogens (primary N) is 1. The van der Waals surface area contributed by atoms with Crippen LogP contribution in [0.3, 0.4) is 0 Å². The van der Waals surface area contributed by atoms with Crippen molar-refractivity contribution in [2.24, 2.45) is 11.7 Å². The number of hydrogen-bond donors (Lipinski definition) is 3. The van der Waals surface area contributed by atoms with Crippen LogP contribution in [0.5, 0.6) is 0 Å². The third-order valence-electron chi connectivity index (χ3n) is 3.04. The lowest BCUT2D eigenvalue weighted by Crippen LogP contribution is -2.43. The van der Waals surface area contributed by atoms with Gasteiger partial charge in [-0.05, 0) is 25.7 Å². The van der Waals surface area contributed by atoms with E-state index in [1.807, 2.05) is 6.92 Å². The molecule has 1 rings (SSSR count). The Morgan fingerprint density at radius 1 is 1.50 bits per heavy atom. The summed E-state index contributed by atoms with van der Waals surface area (Å²) in [5.41, 5.74) is 5.72. The van der Waals surface area contributed by atoms with Crippen LogP contribution in [-0.2, 0) is 9.59 Å². The summed E-state index contributed by atoms with van der Waals surface area (Å²) in [6, 6.07) is -0.667. The van der Waals surface area contributed by atoms with Gasteiger partial charge in [0.25, 0.3) is 0 Å². The van der Waals surface area contributed by atoms with Crippen LogP contribution in [0.15, 0.2) is 0 Å². The Bertz CT molecular complexity index is 268. The lowest BCUT2D eigenvalue weighted by molar-refractivity contribution is -0.142. The minimum Gasteiger partial charge on any atom is -0.480 e. The predicted octanol–water partition coefficient (Wildman–Crippen LogP) is 0.483. The summed E-state index contributed by atoms with van der Waals surface area (Å²) in [6.45, 7) is 1.90. The molecule has 3 unspecified atom stereocenters. The van der Waals surface area contributed by atoms with Crippen molar-refractivity contribution in [2.45, 2.75) is 51.1 Å². The molecule has 0 bridgehead atoms. The van der Waals surface area contributed by atoms with Crippen molar-refractivity contribution in [3.63, 3.8) is 0 Å². The van der Waals surface area contributed by atoms with Crippen LogP contribution in [0.4, 0.5) is 0 Å². The van der Waals surface area contributed by atoms with E-state index in [1.54, 1.807) is 0 Å². The van der Waals surface area contributed by atoms with Gasteiger partial charge in [-0.25, -0.2) is 4.79 Å². The molecule has 5 heteroatoms. The summed E-state index contributed by atoms with van der Waals surface area (Å²) >= 11 is 0. The van der Waals surface area contributed by atoms with Gasteiger partial charge in [-0.3, -0.25) is 4.79 Å². The van der Waals surface area contributed by atoms with Crippen molar-refractivity contribution in [3.05, 3.63) is 0 Å². The number of aliphatic carboxylic acids is 1. The molecule has 0 aromatic heterocycles. The Kier molecular flexibility index (Phi) is 4.73. The Hall–Kier alpha value is -1.10. The van der Waals surface area contributed by atoms with E-state index in [-0.39, 0.29) is 17.9 Å². The number of carbonyl (C=O) groups is 2. The zero-order valence-corrected chi connectivity index (χ0v) is 9.61. The average molecular weight is 228 g/mol. The smallest absolute Gasteiger partial charge is 0.326 e. The summed E-state index contributed by atoms with van der Waals surface area (Å²) < 4.78 is 0. The molecule has 1 amide bonds. The molecular weight excluding hydrogens is 208 g/mol. The van der Waals surface area contributed by atoms with Crippen LogP contribution in [0.1, 0.15) is 39.0 Å². The highest BCUT2D eigenvalue weighted by atomic mass is 16.4. The molecule has 1 aliphatic carbocycles. The second kappa shape index (κ2) is 5.84.